The largest absolute Gasteiger partial charge is 0.424 e. The molecule has 0 bridgehead atoms. The number of benzene rings is 2. The van der Waals surface area contributed by atoms with Crippen molar-refractivity contribution in [1.29, 1.82) is 0 Å². The Kier molecular flexibility index (Phi) is 3.25. The van der Waals surface area contributed by atoms with Crippen LogP contribution in [0.5, 0.6) is 0 Å². The number of fused-ring (bicyclic) bond motifs is 1. The predicted octanol–water partition coefficient (Wildman–Crippen LogP) is 3.20. The molecular formula is C15H14FN3O. The molecule has 1 heterocycles. The highest BCUT2D eigenvalue weighted by atomic mass is 19.1. The summed E-state index contributed by atoms with van der Waals surface area (Å²) in [5.74, 6) is -0.222. The smallest absolute Gasteiger partial charge is 0.295 e. The number of aromatic nitrogens is 1. The van der Waals surface area contributed by atoms with Crippen molar-refractivity contribution in [1.82, 2.24) is 4.98 Å². The third-order valence-corrected chi connectivity index (χ3v) is 2.99. The van der Waals surface area contributed by atoms with E-state index in [-0.39, 0.29) is 5.82 Å². The van der Waals surface area contributed by atoms with E-state index >= 15 is 0 Å². The average molecular weight is 271 g/mol. The van der Waals surface area contributed by atoms with Gasteiger partial charge in [0, 0.05) is 12.2 Å². The Balaban J connectivity index is 1.65. The fourth-order valence-corrected chi connectivity index (χ4v) is 2.03. The standard InChI is InChI=1S/C15H14FN3O/c16-11-3-1-2-10(8-11)6-7-18-15-19-13-9-12(17)4-5-14(13)20-15/h1-5,8-9H,6-7,17H2,(H,18,19). The number of nitrogens with zero attached hydrogens (tertiary/aromatic N) is 1. The van der Waals surface area contributed by atoms with E-state index in [1.165, 1.54) is 12.1 Å². The van der Waals surface area contributed by atoms with Crippen molar-refractivity contribution < 1.29 is 8.81 Å². The van der Waals surface area contributed by atoms with Gasteiger partial charge in [0.2, 0.25) is 0 Å². The van der Waals surface area contributed by atoms with Gasteiger partial charge in [0.1, 0.15) is 11.3 Å². The molecule has 0 unspecified atom stereocenters. The van der Waals surface area contributed by atoms with E-state index in [1.807, 2.05) is 6.07 Å². The Hall–Kier alpha value is -2.56. The molecular weight excluding hydrogens is 257 g/mol. The zero-order valence-electron chi connectivity index (χ0n) is 10.8. The second kappa shape index (κ2) is 5.21. The Labute approximate surface area is 115 Å². The fourth-order valence-electron chi connectivity index (χ4n) is 2.03. The number of nitrogens with one attached hydrogen (secondary N) is 1. The number of oxazole rings is 1. The van der Waals surface area contributed by atoms with Gasteiger partial charge >= 0.3 is 0 Å². The Morgan fingerprint density at radius 3 is 2.95 bits per heavy atom. The molecule has 5 heteroatoms. The summed E-state index contributed by atoms with van der Waals surface area (Å²) in [6.45, 7) is 0.617. The molecule has 3 N–H and O–H groups in total. The van der Waals surface area contributed by atoms with E-state index in [0.29, 0.717) is 30.3 Å². The quantitative estimate of drug-likeness (QED) is 0.715. The van der Waals surface area contributed by atoms with Crippen LogP contribution in [0, 0.1) is 5.82 Å². The van der Waals surface area contributed by atoms with Gasteiger partial charge in [-0.2, -0.15) is 4.98 Å². The molecule has 3 aromatic rings. The lowest BCUT2D eigenvalue weighted by atomic mass is 10.1. The molecule has 0 aliphatic carbocycles. The molecule has 0 atom stereocenters. The molecule has 2 aromatic carbocycles. The molecule has 0 aliphatic heterocycles. The highest BCUT2D eigenvalue weighted by Gasteiger charge is 2.05. The van der Waals surface area contributed by atoms with Crippen LogP contribution in [0.3, 0.4) is 0 Å². The highest BCUT2D eigenvalue weighted by molar-refractivity contribution is 5.78. The summed E-state index contributed by atoms with van der Waals surface area (Å²) < 4.78 is 18.6. The zero-order chi connectivity index (χ0) is 13.9. The van der Waals surface area contributed by atoms with Crippen molar-refractivity contribution in [3.63, 3.8) is 0 Å². The summed E-state index contributed by atoms with van der Waals surface area (Å²) in [5.41, 5.74) is 8.67. The SMILES string of the molecule is Nc1ccc2oc(NCCc3cccc(F)c3)nc2c1. The van der Waals surface area contributed by atoms with E-state index in [9.17, 15) is 4.39 Å². The minimum absolute atomic E-state index is 0.222. The lowest BCUT2D eigenvalue weighted by Gasteiger charge is -2.02. The van der Waals surface area contributed by atoms with Gasteiger partial charge in [-0.05, 0) is 42.3 Å². The summed E-state index contributed by atoms with van der Waals surface area (Å²) in [6, 6.07) is 12.3. The Bertz CT molecular complexity index is 739. The lowest BCUT2D eigenvalue weighted by molar-refractivity contribution is 0.613. The van der Waals surface area contributed by atoms with Gasteiger partial charge in [0.25, 0.3) is 6.01 Å². The molecule has 0 spiro atoms. The van der Waals surface area contributed by atoms with Crippen LogP contribution in [0.1, 0.15) is 5.56 Å². The minimum Gasteiger partial charge on any atom is -0.424 e. The first-order chi connectivity index (χ1) is 9.70. The molecule has 0 radical (unpaired) electrons. The normalized spacial score (nSPS) is 10.8. The molecule has 0 saturated heterocycles. The zero-order valence-corrected chi connectivity index (χ0v) is 10.8. The average Bonchev–Trinajstić information content (AvgIpc) is 2.80. The number of anilines is 2. The molecule has 20 heavy (non-hydrogen) atoms. The molecule has 0 fully saturated rings. The van der Waals surface area contributed by atoms with E-state index in [1.54, 1.807) is 24.3 Å². The van der Waals surface area contributed by atoms with Crippen molar-refractivity contribution in [2.45, 2.75) is 6.42 Å². The number of nitrogens with two attached hydrogens (primary N) is 1. The maximum Gasteiger partial charge on any atom is 0.295 e. The molecule has 1 aromatic heterocycles. The Morgan fingerprint density at radius 2 is 2.10 bits per heavy atom. The first kappa shape index (κ1) is 12.5. The summed E-state index contributed by atoms with van der Waals surface area (Å²) >= 11 is 0. The molecule has 102 valence electrons. The van der Waals surface area contributed by atoms with Crippen molar-refractivity contribution in [3.05, 3.63) is 53.8 Å². The monoisotopic (exact) mass is 271 g/mol. The summed E-state index contributed by atoms with van der Waals surface area (Å²) in [7, 11) is 0. The maximum absolute atomic E-state index is 13.0. The van der Waals surface area contributed by atoms with Gasteiger partial charge < -0.3 is 15.5 Å². The first-order valence-electron chi connectivity index (χ1n) is 6.35. The van der Waals surface area contributed by atoms with Gasteiger partial charge in [-0.15, -0.1) is 0 Å². The van der Waals surface area contributed by atoms with Crippen LogP contribution in [0.15, 0.2) is 46.9 Å². The van der Waals surface area contributed by atoms with Crippen LogP contribution in [-0.4, -0.2) is 11.5 Å². The summed E-state index contributed by atoms with van der Waals surface area (Å²) in [5, 5.41) is 3.08. The van der Waals surface area contributed by atoms with Gasteiger partial charge in [-0.3, -0.25) is 0 Å². The van der Waals surface area contributed by atoms with Crippen LogP contribution in [0.4, 0.5) is 16.1 Å². The number of hydrogen-bond acceptors (Lipinski definition) is 4. The number of rotatable bonds is 4. The highest BCUT2D eigenvalue weighted by Crippen LogP contribution is 2.20. The lowest BCUT2D eigenvalue weighted by Crippen LogP contribution is -2.05. The fraction of sp³-hybridized carbons (Fsp3) is 0.133. The van der Waals surface area contributed by atoms with Gasteiger partial charge in [-0.25, -0.2) is 4.39 Å². The van der Waals surface area contributed by atoms with Gasteiger partial charge in [0.15, 0.2) is 5.58 Å². The molecule has 4 nitrogen and oxygen atoms in total. The third-order valence-electron chi connectivity index (χ3n) is 2.99. The Morgan fingerprint density at radius 1 is 1.20 bits per heavy atom. The predicted molar refractivity (Wildman–Crippen MR) is 77.0 cm³/mol. The first-order valence-corrected chi connectivity index (χ1v) is 6.35. The van der Waals surface area contributed by atoms with E-state index in [4.69, 9.17) is 10.2 Å². The molecule has 0 aliphatic rings. The van der Waals surface area contributed by atoms with Crippen LogP contribution in [-0.2, 0) is 6.42 Å². The van der Waals surface area contributed by atoms with Crippen LogP contribution in [0.2, 0.25) is 0 Å². The number of halogens is 1. The molecule has 0 saturated carbocycles. The van der Waals surface area contributed by atoms with Crippen LogP contribution < -0.4 is 11.1 Å². The van der Waals surface area contributed by atoms with E-state index < -0.39 is 0 Å². The topological polar surface area (TPSA) is 64.1 Å². The molecule has 0 amide bonds. The van der Waals surface area contributed by atoms with Crippen LogP contribution >= 0.6 is 0 Å². The van der Waals surface area contributed by atoms with E-state index in [0.717, 1.165) is 11.1 Å². The van der Waals surface area contributed by atoms with Gasteiger partial charge in [0.05, 0.1) is 0 Å². The maximum atomic E-state index is 13.0. The van der Waals surface area contributed by atoms with Crippen LogP contribution in [0.25, 0.3) is 11.1 Å². The number of nitrogen functional groups attached to an aromatic ring is 1. The third kappa shape index (κ3) is 2.71. The van der Waals surface area contributed by atoms with Crippen molar-refractivity contribution >= 4 is 22.8 Å². The van der Waals surface area contributed by atoms with Crippen molar-refractivity contribution in [2.75, 3.05) is 17.6 Å². The molecule has 3 rings (SSSR count). The second-order valence-corrected chi connectivity index (χ2v) is 4.55. The van der Waals surface area contributed by atoms with E-state index in [2.05, 4.69) is 10.3 Å². The van der Waals surface area contributed by atoms with Gasteiger partial charge in [-0.1, -0.05) is 12.1 Å². The minimum atomic E-state index is -0.222. The summed E-state index contributed by atoms with van der Waals surface area (Å²) in [6.07, 6.45) is 0.693. The summed E-state index contributed by atoms with van der Waals surface area (Å²) in [4.78, 5) is 4.29. The number of hydrogen-bond donors (Lipinski definition) is 2. The second-order valence-electron chi connectivity index (χ2n) is 4.55. The van der Waals surface area contributed by atoms with Crippen molar-refractivity contribution in [2.24, 2.45) is 0 Å². The van der Waals surface area contributed by atoms with Crippen molar-refractivity contribution in [3.8, 4) is 0 Å².